The lowest BCUT2D eigenvalue weighted by molar-refractivity contribution is -0.143. The maximum absolute atomic E-state index is 11.3. The van der Waals surface area contributed by atoms with Crippen molar-refractivity contribution in [3.63, 3.8) is 0 Å². The van der Waals surface area contributed by atoms with E-state index >= 15 is 0 Å². The van der Waals surface area contributed by atoms with Crippen molar-refractivity contribution in [3.05, 3.63) is 35.4 Å². The fourth-order valence-corrected chi connectivity index (χ4v) is 1.27. The lowest BCUT2D eigenvalue weighted by Gasteiger charge is -2.07. The molecule has 0 unspecified atom stereocenters. The molecule has 1 N–H and O–H groups in total. The Labute approximate surface area is 94.6 Å². The fraction of sp³-hybridized carbons (Fsp3) is 0.333. The zero-order valence-electron chi connectivity index (χ0n) is 9.45. The normalized spacial score (nSPS) is 9.62. The third-order valence-corrected chi connectivity index (χ3v) is 2.27. The van der Waals surface area contributed by atoms with Crippen LogP contribution in [-0.2, 0) is 20.9 Å². The lowest BCUT2D eigenvalue weighted by atomic mass is 10.1. The Balaban J connectivity index is 2.43. The molecule has 1 aromatic carbocycles. The highest BCUT2D eigenvalue weighted by Gasteiger charge is 2.08. The Hall–Kier alpha value is -1.84. The van der Waals surface area contributed by atoms with Crippen LogP contribution in [0, 0.1) is 6.92 Å². The van der Waals surface area contributed by atoms with Gasteiger partial charge in [-0.1, -0.05) is 24.3 Å². The Morgan fingerprint density at radius 1 is 1.31 bits per heavy atom. The molecule has 1 rings (SSSR count). The van der Waals surface area contributed by atoms with Crippen molar-refractivity contribution in [1.29, 1.82) is 0 Å². The highest BCUT2D eigenvalue weighted by molar-refractivity contribution is 5.94. The number of rotatable bonds is 4. The van der Waals surface area contributed by atoms with E-state index in [1.165, 1.54) is 7.11 Å². The first-order valence-electron chi connectivity index (χ1n) is 5.01. The highest BCUT2D eigenvalue weighted by atomic mass is 16.5. The lowest BCUT2D eigenvalue weighted by Crippen LogP contribution is -2.25. The summed E-state index contributed by atoms with van der Waals surface area (Å²) >= 11 is 0. The maximum atomic E-state index is 11.3. The molecule has 0 heterocycles. The molecule has 0 aliphatic rings. The maximum Gasteiger partial charge on any atom is 0.315 e. The summed E-state index contributed by atoms with van der Waals surface area (Å²) in [7, 11) is 1.26. The van der Waals surface area contributed by atoms with Crippen molar-refractivity contribution in [2.45, 2.75) is 19.9 Å². The summed E-state index contributed by atoms with van der Waals surface area (Å²) in [5.41, 5.74) is 2.15. The zero-order valence-corrected chi connectivity index (χ0v) is 9.45. The minimum absolute atomic E-state index is 0.234. The van der Waals surface area contributed by atoms with E-state index in [9.17, 15) is 9.59 Å². The number of aryl methyl sites for hydroxylation is 1. The molecular weight excluding hydrogens is 206 g/mol. The number of carbonyl (C=O) groups is 2. The van der Waals surface area contributed by atoms with E-state index in [2.05, 4.69) is 10.1 Å². The first-order chi connectivity index (χ1) is 7.63. The van der Waals surface area contributed by atoms with Gasteiger partial charge in [0.15, 0.2) is 0 Å². The number of hydrogen-bond donors (Lipinski definition) is 1. The largest absolute Gasteiger partial charge is 0.469 e. The Bertz CT molecular complexity index is 388. The van der Waals surface area contributed by atoms with Gasteiger partial charge in [-0.2, -0.15) is 0 Å². The number of ether oxygens (including phenoxy) is 1. The third kappa shape index (κ3) is 3.73. The van der Waals surface area contributed by atoms with Crippen molar-refractivity contribution in [3.8, 4) is 0 Å². The van der Waals surface area contributed by atoms with E-state index in [0.29, 0.717) is 6.54 Å². The van der Waals surface area contributed by atoms with Crippen molar-refractivity contribution in [2.24, 2.45) is 0 Å². The summed E-state index contributed by atoms with van der Waals surface area (Å²) in [6.07, 6.45) is -0.234. The molecule has 0 radical (unpaired) electrons. The van der Waals surface area contributed by atoms with E-state index in [1.54, 1.807) is 0 Å². The van der Waals surface area contributed by atoms with Crippen LogP contribution in [0.3, 0.4) is 0 Å². The summed E-state index contributed by atoms with van der Waals surface area (Å²) in [6, 6.07) is 7.76. The molecule has 1 amide bonds. The van der Waals surface area contributed by atoms with Gasteiger partial charge >= 0.3 is 5.97 Å². The number of nitrogens with one attached hydrogen (secondary N) is 1. The van der Waals surface area contributed by atoms with Gasteiger partial charge in [0.05, 0.1) is 7.11 Å². The fourth-order valence-electron chi connectivity index (χ4n) is 1.27. The van der Waals surface area contributed by atoms with Crippen LogP contribution in [0.15, 0.2) is 24.3 Å². The predicted octanol–water partition coefficient (Wildman–Crippen LogP) is 1.17. The van der Waals surface area contributed by atoms with Crippen LogP contribution in [0.25, 0.3) is 0 Å². The molecule has 0 bridgehead atoms. The average molecular weight is 221 g/mol. The zero-order chi connectivity index (χ0) is 12.0. The van der Waals surface area contributed by atoms with Gasteiger partial charge in [0.25, 0.3) is 0 Å². The van der Waals surface area contributed by atoms with Crippen molar-refractivity contribution < 1.29 is 14.3 Å². The van der Waals surface area contributed by atoms with Crippen LogP contribution in [-0.4, -0.2) is 19.0 Å². The monoisotopic (exact) mass is 221 g/mol. The molecule has 1 aromatic rings. The van der Waals surface area contributed by atoms with Crippen molar-refractivity contribution in [1.82, 2.24) is 5.32 Å². The van der Waals surface area contributed by atoms with Gasteiger partial charge in [0.2, 0.25) is 5.91 Å². The Morgan fingerprint density at radius 2 is 2.00 bits per heavy atom. The molecule has 0 spiro atoms. The molecule has 0 saturated carbocycles. The van der Waals surface area contributed by atoms with E-state index in [-0.39, 0.29) is 12.3 Å². The number of benzene rings is 1. The van der Waals surface area contributed by atoms with Crippen LogP contribution < -0.4 is 5.32 Å². The molecule has 16 heavy (non-hydrogen) atoms. The number of hydrogen-bond acceptors (Lipinski definition) is 3. The summed E-state index contributed by atoms with van der Waals surface area (Å²) < 4.78 is 4.40. The summed E-state index contributed by atoms with van der Waals surface area (Å²) in [5, 5.41) is 2.67. The highest BCUT2D eigenvalue weighted by Crippen LogP contribution is 2.06. The quantitative estimate of drug-likeness (QED) is 0.613. The molecule has 0 saturated heterocycles. The molecule has 0 aliphatic carbocycles. The van der Waals surface area contributed by atoms with Crippen molar-refractivity contribution in [2.75, 3.05) is 7.11 Å². The second-order valence-corrected chi connectivity index (χ2v) is 3.46. The van der Waals surface area contributed by atoms with Gasteiger partial charge < -0.3 is 10.1 Å². The van der Waals surface area contributed by atoms with E-state index in [4.69, 9.17) is 0 Å². The first kappa shape index (κ1) is 12.2. The first-order valence-corrected chi connectivity index (χ1v) is 5.01. The SMILES string of the molecule is COC(=O)CC(=O)NCc1ccccc1C. The van der Waals surface area contributed by atoms with Gasteiger partial charge in [0, 0.05) is 6.54 Å². The number of carbonyl (C=O) groups excluding carboxylic acids is 2. The second-order valence-electron chi connectivity index (χ2n) is 3.46. The van der Waals surface area contributed by atoms with E-state index in [0.717, 1.165) is 11.1 Å². The predicted molar refractivity (Wildman–Crippen MR) is 59.7 cm³/mol. The Morgan fingerprint density at radius 3 is 2.62 bits per heavy atom. The second kappa shape index (κ2) is 5.90. The summed E-state index contributed by atoms with van der Waals surface area (Å²) in [6.45, 7) is 2.41. The van der Waals surface area contributed by atoms with E-state index in [1.807, 2.05) is 31.2 Å². The summed E-state index contributed by atoms with van der Waals surface area (Å²) in [4.78, 5) is 22.1. The van der Waals surface area contributed by atoms with Gasteiger partial charge in [-0.15, -0.1) is 0 Å². The molecular formula is C12H15NO3. The molecule has 0 aliphatic heterocycles. The molecule has 0 fully saturated rings. The number of amides is 1. The average Bonchev–Trinajstić information content (AvgIpc) is 2.28. The van der Waals surface area contributed by atoms with Crippen LogP contribution in [0.4, 0.5) is 0 Å². The third-order valence-electron chi connectivity index (χ3n) is 2.27. The standard InChI is InChI=1S/C12H15NO3/c1-9-5-3-4-6-10(9)8-13-11(14)7-12(15)16-2/h3-6H,7-8H2,1-2H3,(H,13,14). The van der Waals surface area contributed by atoms with Gasteiger partial charge in [-0.3, -0.25) is 9.59 Å². The van der Waals surface area contributed by atoms with Gasteiger partial charge in [-0.25, -0.2) is 0 Å². The van der Waals surface area contributed by atoms with Crippen molar-refractivity contribution >= 4 is 11.9 Å². The van der Waals surface area contributed by atoms with Crippen LogP contribution in [0.2, 0.25) is 0 Å². The molecule has 4 heteroatoms. The molecule has 0 aromatic heterocycles. The summed E-state index contributed by atoms with van der Waals surface area (Å²) in [5.74, 6) is -0.850. The van der Waals surface area contributed by atoms with Crippen LogP contribution in [0.1, 0.15) is 17.5 Å². The minimum atomic E-state index is -0.526. The molecule has 86 valence electrons. The van der Waals surface area contributed by atoms with Crippen LogP contribution in [0.5, 0.6) is 0 Å². The smallest absolute Gasteiger partial charge is 0.315 e. The van der Waals surface area contributed by atoms with Crippen LogP contribution >= 0.6 is 0 Å². The number of esters is 1. The molecule has 4 nitrogen and oxygen atoms in total. The van der Waals surface area contributed by atoms with E-state index < -0.39 is 5.97 Å². The topological polar surface area (TPSA) is 55.4 Å². The Kier molecular flexibility index (Phi) is 4.51. The van der Waals surface area contributed by atoms with Gasteiger partial charge in [-0.05, 0) is 18.1 Å². The number of methoxy groups -OCH3 is 1. The van der Waals surface area contributed by atoms with Gasteiger partial charge in [0.1, 0.15) is 6.42 Å². The molecule has 0 atom stereocenters. The minimum Gasteiger partial charge on any atom is -0.469 e.